The zero-order valence-electron chi connectivity index (χ0n) is 11.3. The van der Waals surface area contributed by atoms with Gasteiger partial charge in [-0.25, -0.2) is 8.42 Å². The molecule has 1 saturated heterocycles. The van der Waals surface area contributed by atoms with Gasteiger partial charge in [0, 0.05) is 18.3 Å². The van der Waals surface area contributed by atoms with Crippen molar-refractivity contribution in [3.63, 3.8) is 0 Å². The first-order valence-corrected chi connectivity index (χ1v) is 7.86. The van der Waals surface area contributed by atoms with Crippen LogP contribution in [0, 0.1) is 0 Å². The second-order valence-electron chi connectivity index (χ2n) is 4.87. The van der Waals surface area contributed by atoms with E-state index < -0.39 is 10.0 Å². The van der Waals surface area contributed by atoms with Crippen LogP contribution in [0.5, 0.6) is 5.75 Å². The van der Waals surface area contributed by atoms with E-state index in [0.29, 0.717) is 18.0 Å². The number of methoxy groups -OCH3 is 1. The maximum atomic E-state index is 12.7. The molecule has 106 valence electrons. The summed E-state index contributed by atoms with van der Waals surface area (Å²) in [5.74, 6) is 0.340. The third kappa shape index (κ3) is 2.69. The van der Waals surface area contributed by atoms with Crippen molar-refractivity contribution in [2.75, 3.05) is 19.4 Å². The van der Waals surface area contributed by atoms with Gasteiger partial charge >= 0.3 is 0 Å². The zero-order valence-corrected chi connectivity index (χ0v) is 12.1. The van der Waals surface area contributed by atoms with Gasteiger partial charge in [-0.2, -0.15) is 4.31 Å². The molecule has 1 unspecified atom stereocenters. The van der Waals surface area contributed by atoms with E-state index in [-0.39, 0.29) is 10.9 Å². The molecule has 1 aromatic rings. The number of hydrogen-bond acceptors (Lipinski definition) is 4. The van der Waals surface area contributed by atoms with Crippen LogP contribution in [0.3, 0.4) is 0 Å². The molecule has 0 aliphatic carbocycles. The number of nitrogens with zero attached hydrogens (tertiary/aromatic N) is 1. The first-order valence-electron chi connectivity index (χ1n) is 6.42. The van der Waals surface area contributed by atoms with Gasteiger partial charge in [0.2, 0.25) is 10.0 Å². The molecule has 1 heterocycles. The van der Waals surface area contributed by atoms with Crippen LogP contribution in [-0.4, -0.2) is 32.4 Å². The Balaban J connectivity index is 2.46. The fourth-order valence-electron chi connectivity index (χ4n) is 2.45. The summed E-state index contributed by atoms with van der Waals surface area (Å²) in [4.78, 5) is 0.156. The quantitative estimate of drug-likeness (QED) is 0.860. The van der Waals surface area contributed by atoms with E-state index >= 15 is 0 Å². The number of anilines is 1. The minimum Gasteiger partial charge on any atom is -0.495 e. The highest BCUT2D eigenvalue weighted by Gasteiger charge is 2.33. The van der Waals surface area contributed by atoms with E-state index in [1.807, 2.05) is 6.92 Å². The molecule has 0 aromatic heterocycles. The summed E-state index contributed by atoms with van der Waals surface area (Å²) < 4.78 is 32.1. The van der Waals surface area contributed by atoms with Gasteiger partial charge in [-0.1, -0.05) is 6.42 Å². The smallest absolute Gasteiger partial charge is 0.247 e. The van der Waals surface area contributed by atoms with Crippen molar-refractivity contribution in [2.45, 2.75) is 37.1 Å². The fraction of sp³-hybridized carbons (Fsp3) is 0.538. The third-order valence-electron chi connectivity index (χ3n) is 3.52. The second kappa shape index (κ2) is 5.38. The lowest BCUT2D eigenvalue weighted by Crippen LogP contribution is -2.42. The minimum absolute atomic E-state index is 0.0184. The standard InChI is InChI=1S/C13H20N2O3S/c1-10-5-3-4-8-15(10)19(16,17)13-9-11(14)6-7-12(13)18-2/h6-7,9-10H,3-5,8,14H2,1-2H3. The number of hydrogen-bond donors (Lipinski definition) is 1. The van der Waals surface area contributed by atoms with Gasteiger partial charge < -0.3 is 10.5 Å². The molecule has 1 atom stereocenters. The molecule has 1 fully saturated rings. The predicted molar refractivity (Wildman–Crippen MR) is 74.6 cm³/mol. The van der Waals surface area contributed by atoms with Crippen molar-refractivity contribution in [1.29, 1.82) is 0 Å². The van der Waals surface area contributed by atoms with E-state index in [0.717, 1.165) is 19.3 Å². The van der Waals surface area contributed by atoms with Crippen LogP contribution in [0.2, 0.25) is 0 Å². The first-order chi connectivity index (χ1) is 8.96. The van der Waals surface area contributed by atoms with Crippen molar-refractivity contribution in [3.8, 4) is 5.75 Å². The fourth-order valence-corrected chi connectivity index (χ4v) is 4.34. The SMILES string of the molecule is COc1ccc(N)cc1S(=O)(=O)N1CCCCC1C. The van der Waals surface area contributed by atoms with Gasteiger partial charge in [-0.3, -0.25) is 0 Å². The first kappa shape index (κ1) is 14.1. The van der Waals surface area contributed by atoms with Gasteiger partial charge in [0.05, 0.1) is 7.11 Å². The lowest BCUT2D eigenvalue weighted by atomic mass is 10.1. The summed E-state index contributed by atoms with van der Waals surface area (Å²) in [6, 6.07) is 4.72. The largest absolute Gasteiger partial charge is 0.495 e. The number of ether oxygens (including phenoxy) is 1. The number of sulfonamides is 1. The zero-order chi connectivity index (χ0) is 14.0. The molecular weight excluding hydrogens is 264 g/mol. The van der Waals surface area contributed by atoms with Crippen molar-refractivity contribution in [2.24, 2.45) is 0 Å². The monoisotopic (exact) mass is 284 g/mol. The average Bonchev–Trinajstić information content (AvgIpc) is 2.39. The lowest BCUT2D eigenvalue weighted by molar-refractivity contribution is 0.267. The molecule has 0 amide bonds. The summed E-state index contributed by atoms with van der Waals surface area (Å²) in [5, 5.41) is 0. The van der Waals surface area contributed by atoms with Gasteiger partial charge in [-0.05, 0) is 38.0 Å². The number of benzene rings is 1. The molecule has 6 heteroatoms. The van der Waals surface area contributed by atoms with Crippen molar-refractivity contribution < 1.29 is 13.2 Å². The average molecular weight is 284 g/mol. The number of piperidine rings is 1. The molecule has 1 aliphatic rings. The Morgan fingerprint density at radius 3 is 2.74 bits per heavy atom. The van der Waals surface area contributed by atoms with Gasteiger partial charge in [0.15, 0.2) is 0 Å². The van der Waals surface area contributed by atoms with Crippen molar-refractivity contribution in [1.82, 2.24) is 4.31 Å². The van der Waals surface area contributed by atoms with E-state index in [9.17, 15) is 8.42 Å². The van der Waals surface area contributed by atoms with E-state index in [2.05, 4.69) is 0 Å². The van der Waals surface area contributed by atoms with E-state index in [4.69, 9.17) is 10.5 Å². The Bertz CT molecular complexity index is 557. The molecule has 19 heavy (non-hydrogen) atoms. The topological polar surface area (TPSA) is 72.6 Å². The third-order valence-corrected chi connectivity index (χ3v) is 5.55. The lowest BCUT2D eigenvalue weighted by Gasteiger charge is -2.32. The highest BCUT2D eigenvalue weighted by atomic mass is 32.2. The Morgan fingerprint density at radius 1 is 1.37 bits per heavy atom. The summed E-state index contributed by atoms with van der Waals surface area (Å²) in [7, 11) is -2.09. The predicted octanol–water partition coefficient (Wildman–Crippen LogP) is 1.84. The van der Waals surface area contributed by atoms with Crippen LogP contribution in [0.25, 0.3) is 0 Å². The maximum absolute atomic E-state index is 12.7. The van der Waals surface area contributed by atoms with E-state index in [1.165, 1.54) is 13.2 Å². The number of nitrogens with two attached hydrogens (primary N) is 1. The van der Waals surface area contributed by atoms with Crippen LogP contribution in [0.1, 0.15) is 26.2 Å². The van der Waals surface area contributed by atoms with Crippen molar-refractivity contribution in [3.05, 3.63) is 18.2 Å². The summed E-state index contributed by atoms with van der Waals surface area (Å²) in [6.45, 7) is 2.50. The Labute approximate surface area is 114 Å². The molecule has 2 rings (SSSR count). The van der Waals surface area contributed by atoms with Crippen LogP contribution in [0.15, 0.2) is 23.1 Å². The maximum Gasteiger partial charge on any atom is 0.247 e. The molecule has 1 aromatic carbocycles. The second-order valence-corrected chi connectivity index (χ2v) is 6.73. The number of rotatable bonds is 3. The molecule has 0 radical (unpaired) electrons. The molecule has 5 nitrogen and oxygen atoms in total. The molecule has 0 bridgehead atoms. The number of nitrogen functional groups attached to an aromatic ring is 1. The molecular formula is C13H20N2O3S. The van der Waals surface area contributed by atoms with Crippen LogP contribution in [-0.2, 0) is 10.0 Å². The normalized spacial score (nSPS) is 21.3. The van der Waals surface area contributed by atoms with Crippen LogP contribution < -0.4 is 10.5 Å². The highest BCUT2D eigenvalue weighted by molar-refractivity contribution is 7.89. The van der Waals surface area contributed by atoms with Gasteiger partial charge in [-0.15, -0.1) is 0 Å². The summed E-state index contributed by atoms with van der Waals surface area (Å²) in [5.41, 5.74) is 6.12. The minimum atomic E-state index is -3.55. The Kier molecular flexibility index (Phi) is 4.01. The summed E-state index contributed by atoms with van der Waals surface area (Å²) >= 11 is 0. The summed E-state index contributed by atoms with van der Waals surface area (Å²) in [6.07, 6.45) is 2.86. The molecule has 0 saturated carbocycles. The van der Waals surface area contributed by atoms with Gasteiger partial charge in [0.25, 0.3) is 0 Å². The highest BCUT2D eigenvalue weighted by Crippen LogP contribution is 2.32. The molecule has 2 N–H and O–H groups in total. The van der Waals surface area contributed by atoms with E-state index in [1.54, 1.807) is 16.4 Å². The Morgan fingerprint density at radius 2 is 2.11 bits per heavy atom. The molecule has 0 spiro atoms. The van der Waals surface area contributed by atoms with Crippen LogP contribution in [0.4, 0.5) is 5.69 Å². The van der Waals surface area contributed by atoms with Crippen molar-refractivity contribution >= 4 is 15.7 Å². The van der Waals surface area contributed by atoms with Gasteiger partial charge in [0.1, 0.15) is 10.6 Å². The van der Waals surface area contributed by atoms with Crippen LogP contribution >= 0.6 is 0 Å². The molecule has 1 aliphatic heterocycles. The Hall–Kier alpha value is -1.27.